The summed E-state index contributed by atoms with van der Waals surface area (Å²) in [5, 5.41) is 0.633. The second-order valence-electron chi connectivity index (χ2n) is 5.72. The van der Waals surface area contributed by atoms with Crippen LogP contribution in [0, 0.1) is 0 Å². The van der Waals surface area contributed by atoms with Gasteiger partial charge in [0.2, 0.25) is 5.91 Å². The van der Waals surface area contributed by atoms with Gasteiger partial charge in [0.05, 0.1) is 22.3 Å². The second-order valence-corrected chi connectivity index (χ2v) is 9.37. The number of hydrogen-bond donors (Lipinski definition) is 0. The molecule has 0 bridgehead atoms. The van der Waals surface area contributed by atoms with E-state index in [1.807, 2.05) is 18.2 Å². The van der Waals surface area contributed by atoms with Crippen molar-refractivity contribution in [2.75, 3.05) is 23.8 Å². The van der Waals surface area contributed by atoms with Crippen LogP contribution in [0.2, 0.25) is 5.02 Å². The van der Waals surface area contributed by atoms with E-state index < -0.39 is 9.84 Å². The summed E-state index contributed by atoms with van der Waals surface area (Å²) >= 11 is 7.51. The van der Waals surface area contributed by atoms with Crippen LogP contribution in [-0.2, 0) is 14.6 Å². The number of thioether (sulfide) groups is 1. The van der Waals surface area contributed by atoms with E-state index in [0.717, 1.165) is 17.7 Å². The van der Waals surface area contributed by atoms with Crippen molar-refractivity contribution in [3.63, 3.8) is 0 Å². The lowest BCUT2D eigenvalue weighted by molar-refractivity contribution is -0.130. The summed E-state index contributed by atoms with van der Waals surface area (Å²) in [4.78, 5) is 15.2. The van der Waals surface area contributed by atoms with Crippen molar-refractivity contribution in [2.45, 2.75) is 37.1 Å². The minimum Gasteiger partial charge on any atom is -0.338 e. The van der Waals surface area contributed by atoms with Gasteiger partial charge in [-0.05, 0) is 25.0 Å². The first kappa shape index (κ1) is 18.6. The molecular weight excluding hydrogens is 354 g/mol. The Hall–Kier alpha value is -0.720. The SMILES string of the molecule is CCCCN(C(=O)CSc1ccccc1Cl)C1CCS(=O)(=O)C1. The van der Waals surface area contributed by atoms with Gasteiger partial charge in [0.1, 0.15) is 0 Å². The summed E-state index contributed by atoms with van der Waals surface area (Å²) in [6, 6.07) is 7.25. The van der Waals surface area contributed by atoms with E-state index in [4.69, 9.17) is 11.6 Å². The van der Waals surface area contributed by atoms with Crippen molar-refractivity contribution in [1.82, 2.24) is 4.90 Å². The Morgan fingerprint density at radius 2 is 2.13 bits per heavy atom. The molecule has 1 unspecified atom stereocenters. The van der Waals surface area contributed by atoms with Crippen LogP contribution < -0.4 is 0 Å². The molecule has 1 aromatic rings. The van der Waals surface area contributed by atoms with Crippen LogP contribution in [0.1, 0.15) is 26.2 Å². The number of carbonyl (C=O) groups excluding carboxylic acids is 1. The van der Waals surface area contributed by atoms with E-state index in [1.54, 1.807) is 11.0 Å². The van der Waals surface area contributed by atoms with Gasteiger partial charge in [-0.2, -0.15) is 0 Å². The number of halogens is 1. The molecule has 0 aromatic heterocycles. The predicted octanol–water partition coefficient (Wildman–Crippen LogP) is 3.25. The lowest BCUT2D eigenvalue weighted by Crippen LogP contribution is -2.42. The molecule has 0 N–H and O–H groups in total. The molecule has 4 nitrogen and oxygen atoms in total. The molecular formula is C16H22ClNO3S2. The topological polar surface area (TPSA) is 54.5 Å². The highest BCUT2D eigenvalue weighted by Crippen LogP contribution is 2.27. The number of amides is 1. The third kappa shape index (κ3) is 5.40. The van der Waals surface area contributed by atoms with Crippen LogP contribution >= 0.6 is 23.4 Å². The van der Waals surface area contributed by atoms with Gasteiger partial charge < -0.3 is 4.90 Å². The average molecular weight is 376 g/mol. The van der Waals surface area contributed by atoms with Gasteiger partial charge in [0, 0.05) is 17.5 Å². The van der Waals surface area contributed by atoms with E-state index in [2.05, 4.69) is 6.92 Å². The fraction of sp³-hybridized carbons (Fsp3) is 0.562. The van der Waals surface area contributed by atoms with Gasteiger partial charge >= 0.3 is 0 Å². The summed E-state index contributed by atoms with van der Waals surface area (Å²) < 4.78 is 23.4. The molecule has 1 amide bonds. The van der Waals surface area contributed by atoms with Crippen LogP contribution in [0.15, 0.2) is 29.2 Å². The molecule has 1 atom stereocenters. The molecule has 23 heavy (non-hydrogen) atoms. The third-order valence-corrected chi connectivity index (χ3v) is 7.16. The molecule has 1 heterocycles. The highest BCUT2D eigenvalue weighted by atomic mass is 35.5. The zero-order chi connectivity index (χ0) is 16.9. The highest BCUT2D eigenvalue weighted by molar-refractivity contribution is 8.00. The van der Waals surface area contributed by atoms with Crippen molar-refractivity contribution in [3.05, 3.63) is 29.3 Å². The van der Waals surface area contributed by atoms with Gasteiger partial charge in [-0.1, -0.05) is 37.1 Å². The van der Waals surface area contributed by atoms with Crippen molar-refractivity contribution in [2.24, 2.45) is 0 Å². The van der Waals surface area contributed by atoms with E-state index in [9.17, 15) is 13.2 Å². The van der Waals surface area contributed by atoms with Crippen molar-refractivity contribution < 1.29 is 13.2 Å². The molecule has 0 saturated carbocycles. The molecule has 1 aromatic carbocycles. The molecule has 1 fully saturated rings. The molecule has 1 aliphatic heterocycles. The van der Waals surface area contributed by atoms with Crippen LogP contribution in [0.25, 0.3) is 0 Å². The molecule has 0 radical (unpaired) electrons. The lowest BCUT2D eigenvalue weighted by Gasteiger charge is -2.28. The van der Waals surface area contributed by atoms with Gasteiger partial charge in [-0.3, -0.25) is 4.79 Å². The minimum atomic E-state index is -2.99. The number of benzene rings is 1. The van der Waals surface area contributed by atoms with E-state index in [1.165, 1.54) is 11.8 Å². The summed E-state index contributed by atoms with van der Waals surface area (Å²) in [6.45, 7) is 2.69. The maximum Gasteiger partial charge on any atom is 0.233 e. The van der Waals surface area contributed by atoms with E-state index in [0.29, 0.717) is 18.0 Å². The number of unbranched alkanes of at least 4 members (excludes halogenated alkanes) is 1. The Kier molecular flexibility index (Phi) is 6.80. The fourth-order valence-corrected chi connectivity index (χ4v) is 5.50. The molecule has 1 aliphatic rings. The van der Waals surface area contributed by atoms with Crippen molar-refractivity contribution in [3.8, 4) is 0 Å². The average Bonchev–Trinajstić information content (AvgIpc) is 2.87. The first-order valence-corrected chi connectivity index (χ1v) is 11.0. The van der Waals surface area contributed by atoms with Gasteiger partial charge in [-0.25, -0.2) is 8.42 Å². The van der Waals surface area contributed by atoms with Crippen molar-refractivity contribution in [1.29, 1.82) is 0 Å². The minimum absolute atomic E-state index is 0.00882. The van der Waals surface area contributed by atoms with Crippen LogP contribution in [0.4, 0.5) is 0 Å². The molecule has 1 saturated heterocycles. The largest absolute Gasteiger partial charge is 0.338 e. The van der Waals surface area contributed by atoms with Crippen LogP contribution in [0.3, 0.4) is 0 Å². The zero-order valence-electron chi connectivity index (χ0n) is 13.2. The number of sulfone groups is 1. The standard InChI is InChI=1S/C16H22ClNO3S2/c1-2-3-9-18(13-8-10-23(20,21)12-13)16(19)11-22-15-7-5-4-6-14(15)17/h4-7,13H,2-3,8-12H2,1H3. The molecule has 7 heteroatoms. The third-order valence-electron chi connectivity index (χ3n) is 3.91. The highest BCUT2D eigenvalue weighted by Gasteiger charge is 2.34. The fourth-order valence-electron chi connectivity index (χ4n) is 2.64. The number of rotatable bonds is 7. The Bertz CT molecular complexity index is 648. The lowest BCUT2D eigenvalue weighted by atomic mass is 10.2. The molecule has 0 aliphatic carbocycles. The quantitative estimate of drug-likeness (QED) is 0.686. The monoisotopic (exact) mass is 375 g/mol. The number of carbonyl (C=O) groups is 1. The summed E-state index contributed by atoms with van der Waals surface area (Å²) in [7, 11) is -2.99. The Morgan fingerprint density at radius 1 is 1.39 bits per heavy atom. The summed E-state index contributed by atoms with van der Waals surface area (Å²) in [5.41, 5.74) is 0. The number of hydrogen-bond acceptors (Lipinski definition) is 4. The van der Waals surface area contributed by atoms with Gasteiger partial charge in [-0.15, -0.1) is 11.8 Å². The Morgan fingerprint density at radius 3 is 2.74 bits per heavy atom. The van der Waals surface area contributed by atoms with E-state index >= 15 is 0 Å². The predicted molar refractivity (Wildman–Crippen MR) is 95.9 cm³/mol. The summed E-state index contributed by atoms with van der Waals surface area (Å²) in [6.07, 6.45) is 2.41. The maximum atomic E-state index is 12.6. The van der Waals surface area contributed by atoms with Gasteiger partial charge in [0.15, 0.2) is 9.84 Å². The van der Waals surface area contributed by atoms with Crippen LogP contribution in [0.5, 0.6) is 0 Å². The Balaban J connectivity index is 2.00. The second kappa shape index (κ2) is 8.40. The van der Waals surface area contributed by atoms with E-state index in [-0.39, 0.29) is 29.2 Å². The molecule has 0 spiro atoms. The summed E-state index contributed by atoms with van der Waals surface area (Å²) in [5.74, 6) is 0.555. The normalized spacial score (nSPS) is 19.7. The van der Waals surface area contributed by atoms with Crippen molar-refractivity contribution >= 4 is 39.1 Å². The Labute approximate surface area is 147 Å². The smallest absolute Gasteiger partial charge is 0.233 e. The molecule has 2 rings (SSSR count). The maximum absolute atomic E-state index is 12.6. The first-order chi connectivity index (χ1) is 10.9. The first-order valence-electron chi connectivity index (χ1n) is 7.80. The number of nitrogens with zero attached hydrogens (tertiary/aromatic N) is 1. The zero-order valence-corrected chi connectivity index (χ0v) is 15.6. The van der Waals surface area contributed by atoms with Crippen LogP contribution in [-0.4, -0.2) is 49.1 Å². The van der Waals surface area contributed by atoms with Gasteiger partial charge in [0.25, 0.3) is 0 Å². The molecule has 128 valence electrons.